The number of piperazine rings is 1. The topological polar surface area (TPSA) is 49.3 Å². The summed E-state index contributed by atoms with van der Waals surface area (Å²) in [5, 5.41) is 0. The van der Waals surface area contributed by atoms with Gasteiger partial charge in [0.05, 0.1) is 0 Å². The predicted molar refractivity (Wildman–Crippen MR) is 82.0 cm³/mol. The first-order valence-corrected chi connectivity index (χ1v) is 8.12. The molecule has 21 heavy (non-hydrogen) atoms. The molecule has 0 atom stereocenters. The molecular weight excluding hydrogens is 264 g/mol. The maximum absolute atomic E-state index is 12.4. The van der Waals surface area contributed by atoms with Crippen LogP contribution >= 0.6 is 0 Å². The lowest BCUT2D eigenvalue weighted by Crippen LogP contribution is -2.49. The summed E-state index contributed by atoms with van der Waals surface area (Å²) in [6, 6.07) is 1.83. The lowest BCUT2D eigenvalue weighted by atomic mass is 9.86. The van der Waals surface area contributed by atoms with E-state index in [0.717, 1.165) is 38.5 Å². The highest BCUT2D eigenvalue weighted by Crippen LogP contribution is 2.27. The molecule has 2 fully saturated rings. The molecule has 0 bridgehead atoms. The fourth-order valence-corrected chi connectivity index (χ4v) is 3.38. The van der Waals surface area contributed by atoms with Crippen molar-refractivity contribution in [2.45, 2.75) is 38.5 Å². The van der Waals surface area contributed by atoms with Crippen LogP contribution in [0.5, 0.6) is 0 Å². The van der Waals surface area contributed by atoms with Crippen molar-refractivity contribution in [2.75, 3.05) is 31.1 Å². The fraction of sp³-hybridized carbons (Fsp3) is 0.688. The van der Waals surface area contributed by atoms with Crippen molar-refractivity contribution in [1.82, 2.24) is 14.9 Å². The average Bonchev–Trinajstić information content (AvgIpc) is 2.57. The summed E-state index contributed by atoms with van der Waals surface area (Å²) in [5.74, 6) is 1.74. The van der Waals surface area contributed by atoms with Crippen LogP contribution in [-0.2, 0) is 4.79 Å². The molecule has 1 saturated heterocycles. The Morgan fingerprint density at radius 1 is 1.05 bits per heavy atom. The Morgan fingerprint density at radius 3 is 2.38 bits per heavy atom. The maximum atomic E-state index is 12.4. The van der Waals surface area contributed by atoms with Gasteiger partial charge in [-0.3, -0.25) is 4.79 Å². The summed E-state index contributed by atoms with van der Waals surface area (Å²) in [4.78, 5) is 25.1. The molecule has 0 radical (unpaired) electrons. The second kappa shape index (κ2) is 6.87. The molecule has 2 heterocycles. The molecule has 1 aliphatic heterocycles. The molecule has 3 rings (SSSR count). The van der Waals surface area contributed by atoms with Crippen molar-refractivity contribution >= 4 is 11.9 Å². The molecule has 1 aliphatic carbocycles. The molecule has 0 unspecified atom stereocenters. The zero-order chi connectivity index (χ0) is 14.5. The van der Waals surface area contributed by atoms with Gasteiger partial charge in [-0.2, -0.15) is 0 Å². The highest BCUT2D eigenvalue weighted by molar-refractivity contribution is 5.76. The van der Waals surface area contributed by atoms with E-state index in [-0.39, 0.29) is 0 Å². The third-order valence-electron chi connectivity index (χ3n) is 4.66. The minimum absolute atomic E-state index is 0.343. The van der Waals surface area contributed by atoms with E-state index >= 15 is 0 Å². The van der Waals surface area contributed by atoms with Gasteiger partial charge in [-0.05, 0) is 24.8 Å². The van der Waals surface area contributed by atoms with Gasteiger partial charge in [0.25, 0.3) is 0 Å². The van der Waals surface area contributed by atoms with Gasteiger partial charge < -0.3 is 9.80 Å². The van der Waals surface area contributed by atoms with E-state index in [9.17, 15) is 4.79 Å². The van der Waals surface area contributed by atoms with Gasteiger partial charge in [0, 0.05) is 45.0 Å². The van der Waals surface area contributed by atoms with Crippen molar-refractivity contribution in [3.05, 3.63) is 18.5 Å². The monoisotopic (exact) mass is 288 g/mol. The maximum Gasteiger partial charge on any atom is 0.225 e. The molecule has 5 nitrogen and oxygen atoms in total. The number of hydrogen-bond donors (Lipinski definition) is 0. The van der Waals surface area contributed by atoms with E-state index in [1.807, 2.05) is 11.0 Å². The molecule has 2 aliphatic rings. The number of aromatic nitrogens is 2. The summed E-state index contributed by atoms with van der Waals surface area (Å²) in [5.41, 5.74) is 0. The molecule has 1 aromatic rings. The second-order valence-electron chi connectivity index (χ2n) is 6.12. The average molecular weight is 288 g/mol. The van der Waals surface area contributed by atoms with Crippen molar-refractivity contribution in [2.24, 2.45) is 5.92 Å². The van der Waals surface area contributed by atoms with Crippen LogP contribution in [0.3, 0.4) is 0 Å². The highest BCUT2D eigenvalue weighted by Gasteiger charge is 2.25. The van der Waals surface area contributed by atoms with Gasteiger partial charge in [0.15, 0.2) is 0 Å². The number of rotatable bonds is 3. The minimum Gasteiger partial charge on any atom is -0.339 e. The minimum atomic E-state index is 0.343. The molecule has 1 saturated carbocycles. The third kappa shape index (κ3) is 3.71. The molecular formula is C16H24N4O. The SMILES string of the molecule is O=C(CC1CCCCC1)N1CCN(c2ncccn2)CC1. The first-order valence-electron chi connectivity index (χ1n) is 8.12. The zero-order valence-corrected chi connectivity index (χ0v) is 12.6. The number of anilines is 1. The first kappa shape index (κ1) is 14.3. The Kier molecular flexibility index (Phi) is 4.68. The summed E-state index contributed by atoms with van der Waals surface area (Å²) in [7, 11) is 0. The second-order valence-corrected chi connectivity index (χ2v) is 6.12. The Bertz CT molecular complexity index is 451. The van der Waals surface area contributed by atoms with Gasteiger partial charge in [0.1, 0.15) is 0 Å². The van der Waals surface area contributed by atoms with Crippen LogP contribution in [0.15, 0.2) is 18.5 Å². The van der Waals surface area contributed by atoms with Crippen molar-refractivity contribution in [1.29, 1.82) is 0 Å². The van der Waals surface area contributed by atoms with E-state index in [4.69, 9.17) is 0 Å². The van der Waals surface area contributed by atoms with Gasteiger partial charge in [-0.15, -0.1) is 0 Å². The molecule has 1 aromatic heterocycles. The largest absolute Gasteiger partial charge is 0.339 e. The summed E-state index contributed by atoms with van der Waals surface area (Å²) in [6.45, 7) is 3.26. The van der Waals surface area contributed by atoms with Crippen molar-refractivity contribution in [3.8, 4) is 0 Å². The normalized spacial score (nSPS) is 20.6. The van der Waals surface area contributed by atoms with Crippen LogP contribution < -0.4 is 4.90 Å². The molecule has 0 N–H and O–H groups in total. The van der Waals surface area contributed by atoms with Crippen molar-refractivity contribution < 1.29 is 4.79 Å². The third-order valence-corrected chi connectivity index (χ3v) is 4.66. The Balaban J connectivity index is 1.47. The number of hydrogen-bond acceptors (Lipinski definition) is 4. The molecule has 0 aromatic carbocycles. The van der Waals surface area contributed by atoms with Crippen molar-refractivity contribution in [3.63, 3.8) is 0 Å². The standard InChI is InChI=1S/C16H24N4O/c21-15(13-14-5-2-1-3-6-14)19-9-11-20(12-10-19)16-17-7-4-8-18-16/h4,7-8,14H,1-3,5-6,9-13H2. The lowest BCUT2D eigenvalue weighted by molar-refractivity contribution is -0.132. The van der Waals surface area contributed by atoms with E-state index in [1.165, 1.54) is 32.1 Å². The molecule has 0 spiro atoms. The Morgan fingerprint density at radius 2 is 1.71 bits per heavy atom. The molecule has 114 valence electrons. The van der Waals surface area contributed by atoms with Crippen LogP contribution in [0.1, 0.15) is 38.5 Å². The van der Waals surface area contributed by atoms with Crippen LogP contribution in [0.4, 0.5) is 5.95 Å². The predicted octanol–water partition coefficient (Wildman–Crippen LogP) is 2.10. The number of carbonyl (C=O) groups excluding carboxylic acids is 1. The van der Waals surface area contributed by atoms with Gasteiger partial charge in [0.2, 0.25) is 11.9 Å². The van der Waals surface area contributed by atoms with Gasteiger partial charge >= 0.3 is 0 Å². The Hall–Kier alpha value is -1.65. The first-order chi connectivity index (χ1) is 10.3. The van der Waals surface area contributed by atoms with Crippen LogP contribution in [-0.4, -0.2) is 47.0 Å². The van der Waals surface area contributed by atoms with Crippen LogP contribution in [0.25, 0.3) is 0 Å². The van der Waals surface area contributed by atoms with Crippen LogP contribution in [0, 0.1) is 5.92 Å². The van der Waals surface area contributed by atoms with E-state index < -0.39 is 0 Å². The van der Waals surface area contributed by atoms with E-state index in [0.29, 0.717) is 11.8 Å². The number of nitrogens with zero attached hydrogens (tertiary/aromatic N) is 4. The summed E-state index contributed by atoms with van der Waals surface area (Å²) in [6.07, 6.45) is 10.7. The summed E-state index contributed by atoms with van der Waals surface area (Å²) >= 11 is 0. The Labute approximate surface area is 126 Å². The number of amides is 1. The zero-order valence-electron chi connectivity index (χ0n) is 12.6. The molecule has 5 heteroatoms. The fourth-order valence-electron chi connectivity index (χ4n) is 3.38. The summed E-state index contributed by atoms with van der Waals surface area (Å²) < 4.78 is 0. The lowest BCUT2D eigenvalue weighted by Gasteiger charge is -2.35. The van der Waals surface area contributed by atoms with Gasteiger partial charge in [-0.25, -0.2) is 9.97 Å². The van der Waals surface area contributed by atoms with E-state index in [1.54, 1.807) is 12.4 Å². The number of carbonyl (C=O) groups is 1. The van der Waals surface area contributed by atoms with Gasteiger partial charge in [-0.1, -0.05) is 19.3 Å². The quantitative estimate of drug-likeness (QED) is 0.854. The smallest absolute Gasteiger partial charge is 0.225 e. The highest BCUT2D eigenvalue weighted by atomic mass is 16.2. The van der Waals surface area contributed by atoms with E-state index in [2.05, 4.69) is 14.9 Å². The van der Waals surface area contributed by atoms with Crippen LogP contribution in [0.2, 0.25) is 0 Å². The molecule has 1 amide bonds.